The fraction of sp³-hybridized carbons (Fsp3) is 0.600. The van der Waals surface area contributed by atoms with E-state index < -0.39 is 15.3 Å². The molecule has 0 radical (unpaired) electrons. The van der Waals surface area contributed by atoms with Crippen molar-refractivity contribution in [1.82, 2.24) is 4.72 Å². The van der Waals surface area contributed by atoms with E-state index in [-0.39, 0.29) is 18.0 Å². The molecule has 0 bridgehead atoms. The number of hydrogen-bond donors (Lipinski definition) is 1. The van der Waals surface area contributed by atoms with Crippen LogP contribution in [0.1, 0.15) is 37.8 Å². The summed E-state index contributed by atoms with van der Waals surface area (Å²) in [5.74, 6) is -0.00293. The van der Waals surface area contributed by atoms with Crippen molar-refractivity contribution in [1.29, 1.82) is 0 Å². The third-order valence-corrected chi connectivity index (χ3v) is 6.32. The van der Waals surface area contributed by atoms with Crippen molar-refractivity contribution in [3.63, 3.8) is 0 Å². The Bertz CT molecular complexity index is 598. The Hall–Kier alpha value is -0.980. The summed E-state index contributed by atoms with van der Waals surface area (Å²) in [6.45, 7) is 2.28. The van der Waals surface area contributed by atoms with Gasteiger partial charge in [-0.05, 0) is 49.8 Å². The summed E-state index contributed by atoms with van der Waals surface area (Å²) in [6.07, 6.45) is 2.25. The standard InChI is InChI=1S/C15H20FNO3S/c1-10-14(8-9-20-10)21(18,19)17-15(11-2-3-11)12-4-6-13(16)7-5-12/h4-7,10-11,14-15,17H,2-3,8-9H2,1H3/t10-,14+,15-/m0/s1. The van der Waals surface area contributed by atoms with Crippen LogP contribution in [0.5, 0.6) is 0 Å². The van der Waals surface area contributed by atoms with E-state index in [0.29, 0.717) is 18.9 Å². The van der Waals surface area contributed by atoms with E-state index in [1.807, 2.05) is 0 Å². The van der Waals surface area contributed by atoms with Gasteiger partial charge in [0.15, 0.2) is 0 Å². The molecule has 1 saturated carbocycles. The van der Waals surface area contributed by atoms with E-state index in [0.717, 1.165) is 18.4 Å². The molecule has 2 aliphatic rings. The normalized spacial score (nSPS) is 27.7. The van der Waals surface area contributed by atoms with E-state index >= 15 is 0 Å². The molecule has 0 amide bonds. The largest absolute Gasteiger partial charge is 0.377 e. The van der Waals surface area contributed by atoms with Crippen LogP contribution in [0.3, 0.4) is 0 Å². The van der Waals surface area contributed by atoms with Crippen LogP contribution >= 0.6 is 0 Å². The Labute approximate surface area is 124 Å². The molecule has 1 saturated heterocycles. The summed E-state index contributed by atoms with van der Waals surface area (Å²) < 4.78 is 46.4. The zero-order valence-electron chi connectivity index (χ0n) is 12.0. The molecule has 6 heteroatoms. The predicted octanol–water partition coefficient (Wildman–Crippen LogP) is 2.37. The highest BCUT2D eigenvalue weighted by Crippen LogP contribution is 2.42. The SMILES string of the molecule is C[C@@H]1OCC[C@H]1S(=O)(=O)N[C@H](c1ccc(F)cc1)C1CC1. The minimum Gasteiger partial charge on any atom is -0.377 e. The minimum absolute atomic E-state index is 0.261. The summed E-state index contributed by atoms with van der Waals surface area (Å²) >= 11 is 0. The van der Waals surface area contributed by atoms with E-state index in [4.69, 9.17) is 4.74 Å². The maximum atomic E-state index is 13.0. The average Bonchev–Trinajstić information content (AvgIpc) is 3.18. The summed E-state index contributed by atoms with van der Waals surface area (Å²) in [4.78, 5) is 0. The number of hydrogen-bond acceptors (Lipinski definition) is 3. The van der Waals surface area contributed by atoms with E-state index in [1.165, 1.54) is 12.1 Å². The molecule has 1 aromatic carbocycles. The van der Waals surface area contributed by atoms with Crippen LogP contribution in [-0.2, 0) is 14.8 Å². The van der Waals surface area contributed by atoms with Gasteiger partial charge in [-0.25, -0.2) is 17.5 Å². The Morgan fingerprint density at radius 1 is 1.24 bits per heavy atom. The quantitative estimate of drug-likeness (QED) is 0.908. The van der Waals surface area contributed by atoms with Gasteiger partial charge in [0.2, 0.25) is 10.0 Å². The van der Waals surface area contributed by atoms with Gasteiger partial charge in [-0.2, -0.15) is 0 Å². The smallest absolute Gasteiger partial charge is 0.217 e. The third kappa shape index (κ3) is 3.27. The molecule has 3 atom stereocenters. The summed E-state index contributed by atoms with van der Waals surface area (Å²) in [6, 6.07) is 5.81. The van der Waals surface area contributed by atoms with Crippen LogP contribution < -0.4 is 4.72 Å². The molecule has 4 nitrogen and oxygen atoms in total. The first-order chi connectivity index (χ1) is 9.97. The van der Waals surface area contributed by atoms with Gasteiger partial charge in [0.05, 0.1) is 6.10 Å². The Morgan fingerprint density at radius 3 is 2.43 bits per heavy atom. The predicted molar refractivity (Wildman–Crippen MR) is 77.7 cm³/mol. The number of halogens is 1. The first-order valence-corrected chi connectivity index (χ1v) is 8.90. The number of rotatable bonds is 5. The summed E-state index contributed by atoms with van der Waals surface area (Å²) in [5.41, 5.74) is 0.828. The topological polar surface area (TPSA) is 55.4 Å². The first kappa shape index (κ1) is 14.9. The van der Waals surface area contributed by atoms with E-state index in [1.54, 1.807) is 19.1 Å². The highest BCUT2D eigenvalue weighted by atomic mass is 32.2. The van der Waals surface area contributed by atoms with Crippen molar-refractivity contribution in [2.75, 3.05) is 6.61 Å². The Balaban J connectivity index is 1.80. The molecule has 1 heterocycles. The van der Waals surface area contributed by atoms with Gasteiger partial charge < -0.3 is 4.74 Å². The summed E-state index contributed by atoms with van der Waals surface area (Å²) in [5, 5.41) is -0.501. The fourth-order valence-corrected chi connectivity index (χ4v) is 4.77. The van der Waals surface area contributed by atoms with Crippen molar-refractivity contribution in [3.05, 3.63) is 35.6 Å². The molecule has 2 fully saturated rings. The van der Waals surface area contributed by atoms with Crippen LogP contribution in [0.2, 0.25) is 0 Å². The van der Waals surface area contributed by atoms with Crippen molar-refractivity contribution in [3.8, 4) is 0 Å². The van der Waals surface area contributed by atoms with Crippen LogP contribution in [0.15, 0.2) is 24.3 Å². The lowest BCUT2D eigenvalue weighted by atomic mass is 10.0. The van der Waals surface area contributed by atoms with Crippen LogP contribution in [0.4, 0.5) is 4.39 Å². The van der Waals surface area contributed by atoms with Crippen LogP contribution in [0, 0.1) is 11.7 Å². The zero-order valence-corrected chi connectivity index (χ0v) is 12.8. The van der Waals surface area contributed by atoms with Crippen molar-refractivity contribution in [2.24, 2.45) is 5.92 Å². The second-order valence-corrected chi connectivity index (χ2v) is 7.86. The molecule has 0 spiro atoms. The number of ether oxygens (including phenoxy) is 1. The second kappa shape index (κ2) is 5.66. The van der Waals surface area contributed by atoms with Gasteiger partial charge in [0.1, 0.15) is 11.1 Å². The zero-order chi connectivity index (χ0) is 15.0. The van der Waals surface area contributed by atoms with Gasteiger partial charge >= 0.3 is 0 Å². The second-order valence-electron chi connectivity index (χ2n) is 5.93. The molecule has 0 unspecified atom stereocenters. The lowest BCUT2D eigenvalue weighted by Gasteiger charge is -2.23. The van der Waals surface area contributed by atoms with Crippen LogP contribution in [-0.4, -0.2) is 26.4 Å². The van der Waals surface area contributed by atoms with Crippen LogP contribution in [0.25, 0.3) is 0 Å². The maximum Gasteiger partial charge on any atom is 0.217 e. The maximum absolute atomic E-state index is 13.0. The lowest BCUT2D eigenvalue weighted by molar-refractivity contribution is 0.126. The van der Waals surface area contributed by atoms with Gasteiger partial charge in [-0.15, -0.1) is 0 Å². The highest BCUT2D eigenvalue weighted by Gasteiger charge is 2.41. The molecular weight excluding hydrogens is 293 g/mol. The molecule has 1 aliphatic heterocycles. The molecule has 1 aliphatic carbocycles. The van der Waals surface area contributed by atoms with E-state index in [2.05, 4.69) is 4.72 Å². The number of benzene rings is 1. The molecule has 1 N–H and O–H groups in total. The van der Waals surface area contributed by atoms with Gasteiger partial charge in [0, 0.05) is 12.6 Å². The summed E-state index contributed by atoms with van der Waals surface area (Å²) in [7, 11) is -3.44. The first-order valence-electron chi connectivity index (χ1n) is 7.35. The molecule has 3 rings (SSSR count). The van der Waals surface area contributed by atoms with Crippen molar-refractivity contribution < 1.29 is 17.5 Å². The van der Waals surface area contributed by atoms with Gasteiger partial charge in [-0.3, -0.25) is 0 Å². The number of sulfonamides is 1. The number of nitrogens with one attached hydrogen (secondary N) is 1. The van der Waals surface area contributed by atoms with E-state index in [9.17, 15) is 12.8 Å². The molecular formula is C15H20FNO3S. The van der Waals surface area contributed by atoms with Gasteiger partial charge in [-0.1, -0.05) is 12.1 Å². The highest BCUT2D eigenvalue weighted by molar-refractivity contribution is 7.90. The van der Waals surface area contributed by atoms with Crippen molar-refractivity contribution in [2.45, 2.75) is 43.6 Å². The monoisotopic (exact) mass is 313 g/mol. The Kier molecular flexibility index (Phi) is 4.03. The Morgan fingerprint density at radius 2 is 1.90 bits per heavy atom. The minimum atomic E-state index is -3.44. The third-order valence-electron chi connectivity index (χ3n) is 4.32. The fourth-order valence-electron chi connectivity index (χ4n) is 2.92. The molecule has 116 valence electrons. The molecule has 1 aromatic rings. The average molecular weight is 313 g/mol. The van der Waals surface area contributed by atoms with Gasteiger partial charge in [0.25, 0.3) is 0 Å². The van der Waals surface area contributed by atoms with Crippen molar-refractivity contribution >= 4 is 10.0 Å². The molecule has 0 aromatic heterocycles. The molecule has 21 heavy (non-hydrogen) atoms. The lowest BCUT2D eigenvalue weighted by Crippen LogP contribution is -2.40.